The molecule has 1 aromatic rings. The number of benzene rings is 1. The first-order valence-corrected chi connectivity index (χ1v) is 10.4. The lowest BCUT2D eigenvalue weighted by atomic mass is 10.0. The molecule has 0 saturated heterocycles. The highest BCUT2D eigenvalue weighted by Crippen LogP contribution is 2.28. The van der Waals surface area contributed by atoms with E-state index in [-0.39, 0.29) is 14.6 Å². The zero-order valence-corrected chi connectivity index (χ0v) is 14.5. The van der Waals surface area contributed by atoms with Crippen LogP contribution in [0.3, 0.4) is 0 Å². The first-order valence-electron chi connectivity index (χ1n) is 6.54. The van der Waals surface area contributed by atoms with Crippen molar-refractivity contribution in [1.29, 1.82) is 0 Å². The number of nitrogens with one attached hydrogen (secondary N) is 1. The second kappa shape index (κ2) is 6.23. The van der Waals surface area contributed by atoms with E-state index in [1.807, 2.05) is 0 Å². The Morgan fingerprint density at radius 1 is 1.10 bits per heavy atom. The van der Waals surface area contributed by atoms with E-state index < -0.39 is 20.0 Å². The Morgan fingerprint density at radius 2 is 1.71 bits per heavy atom. The predicted molar refractivity (Wildman–Crippen MR) is 84.9 cm³/mol. The second-order valence-corrected chi connectivity index (χ2v) is 9.44. The third-order valence-corrected chi connectivity index (χ3v) is 7.25. The Hall–Kier alpha value is -0.640. The molecule has 2 rings (SSSR count). The van der Waals surface area contributed by atoms with Gasteiger partial charge in [-0.1, -0.05) is 19.3 Å². The molecule has 0 heterocycles. The zero-order valence-electron chi connectivity index (χ0n) is 11.2. The van der Waals surface area contributed by atoms with Crippen molar-refractivity contribution in [2.75, 3.05) is 4.72 Å². The van der Waals surface area contributed by atoms with Crippen molar-refractivity contribution in [2.24, 2.45) is 5.14 Å². The van der Waals surface area contributed by atoms with Crippen LogP contribution in [-0.2, 0) is 20.0 Å². The summed E-state index contributed by atoms with van der Waals surface area (Å²) < 4.78 is 49.9. The summed E-state index contributed by atoms with van der Waals surface area (Å²) >= 11 is 3.09. The summed E-state index contributed by atoms with van der Waals surface area (Å²) in [5.41, 5.74) is 0.319. The van der Waals surface area contributed by atoms with Gasteiger partial charge in [0.2, 0.25) is 20.0 Å². The number of halogens is 1. The molecule has 1 aromatic carbocycles. The van der Waals surface area contributed by atoms with Crippen LogP contribution in [0.4, 0.5) is 5.69 Å². The van der Waals surface area contributed by atoms with Crippen molar-refractivity contribution in [1.82, 2.24) is 0 Å². The van der Waals surface area contributed by atoms with Crippen LogP contribution in [0.2, 0.25) is 0 Å². The first kappa shape index (κ1) is 16.7. The van der Waals surface area contributed by atoms with Crippen LogP contribution in [-0.4, -0.2) is 22.1 Å². The standard InChI is InChI=1S/C12H17BrN2O4S2/c13-11-8-9(6-7-12(11)20(14,16)17)15-21(18,19)10-4-2-1-3-5-10/h6-8,10,15H,1-5H2,(H2,14,16,17). The number of hydrogen-bond donors (Lipinski definition) is 2. The zero-order chi connectivity index (χ0) is 15.7. The maximum atomic E-state index is 12.3. The topological polar surface area (TPSA) is 106 Å². The monoisotopic (exact) mass is 396 g/mol. The average Bonchev–Trinajstić information content (AvgIpc) is 2.37. The van der Waals surface area contributed by atoms with Gasteiger partial charge in [-0.3, -0.25) is 4.72 Å². The number of nitrogens with two attached hydrogens (primary N) is 1. The normalized spacial score (nSPS) is 17.6. The second-order valence-electron chi connectivity index (χ2n) is 5.10. The summed E-state index contributed by atoms with van der Waals surface area (Å²) in [6.07, 6.45) is 4.22. The fraction of sp³-hybridized carbons (Fsp3) is 0.500. The summed E-state index contributed by atoms with van der Waals surface area (Å²) in [4.78, 5) is -0.0804. The number of primary sulfonamides is 1. The van der Waals surface area contributed by atoms with E-state index >= 15 is 0 Å². The molecular weight excluding hydrogens is 380 g/mol. The molecule has 0 spiro atoms. The van der Waals surface area contributed by atoms with Gasteiger partial charge in [0.15, 0.2) is 0 Å². The lowest BCUT2D eigenvalue weighted by Crippen LogP contribution is -2.29. The Labute approximate surface area is 133 Å². The van der Waals surface area contributed by atoms with Gasteiger partial charge in [0, 0.05) is 10.2 Å². The summed E-state index contributed by atoms with van der Waals surface area (Å²) in [7, 11) is -7.29. The molecule has 3 N–H and O–H groups in total. The van der Waals surface area contributed by atoms with Crippen LogP contribution in [0.25, 0.3) is 0 Å². The molecule has 118 valence electrons. The van der Waals surface area contributed by atoms with Crippen LogP contribution in [0.5, 0.6) is 0 Å². The van der Waals surface area contributed by atoms with Gasteiger partial charge in [-0.25, -0.2) is 22.0 Å². The van der Waals surface area contributed by atoms with E-state index in [2.05, 4.69) is 20.7 Å². The average molecular weight is 397 g/mol. The maximum Gasteiger partial charge on any atom is 0.239 e. The van der Waals surface area contributed by atoms with Crippen molar-refractivity contribution >= 4 is 41.7 Å². The molecule has 0 radical (unpaired) electrons. The van der Waals surface area contributed by atoms with Crippen LogP contribution in [0.1, 0.15) is 32.1 Å². The highest BCUT2D eigenvalue weighted by Gasteiger charge is 2.27. The Bertz CT molecular complexity index is 726. The van der Waals surface area contributed by atoms with Gasteiger partial charge in [0.25, 0.3) is 0 Å². The Balaban J connectivity index is 2.22. The van der Waals surface area contributed by atoms with Gasteiger partial charge in [-0.05, 0) is 47.0 Å². The highest BCUT2D eigenvalue weighted by atomic mass is 79.9. The minimum absolute atomic E-state index is 0.0804. The van der Waals surface area contributed by atoms with Crippen LogP contribution in [0, 0.1) is 0 Å². The number of hydrogen-bond acceptors (Lipinski definition) is 4. The first-order chi connectivity index (χ1) is 9.70. The van der Waals surface area contributed by atoms with E-state index in [0.29, 0.717) is 18.5 Å². The minimum atomic E-state index is -3.84. The van der Waals surface area contributed by atoms with E-state index in [0.717, 1.165) is 19.3 Å². The van der Waals surface area contributed by atoms with Crippen LogP contribution < -0.4 is 9.86 Å². The molecule has 21 heavy (non-hydrogen) atoms. The molecule has 1 saturated carbocycles. The molecule has 0 unspecified atom stereocenters. The summed E-state index contributed by atoms with van der Waals surface area (Å²) in [6.45, 7) is 0. The number of anilines is 1. The highest BCUT2D eigenvalue weighted by molar-refractivity contribution is 9.10. The summed E-state index contributed by atoms with van der Waals surface area (Å²) in [5, 5.41) is 4.67. The lowest BCUT2D eigenvalue weighted by Gasteiger charge is -2.22. The van der Waals surface area contributed by atoms with Gasteiger partial charge in [0.1, 0.15) is 0 Å². The molecule has 0 aromatic heterocycles. The van der Waals surface area contributed by atoms with Crippen LogP contribution in [0.15, 0.2) is 27.6 Å². The number of sulfonamides is 2. The smallest absolute Gasteiger partial charge is 0.239 e. The van der Waals surface area contributed by atoms with Gasteiger partial charge in [0.05, 0.1) is 10.1 Å². The van der Waals surface area contributed by atoms with Gasteiger partial charge >= 0.3 is 0 Å². The van der Waals surface area contributed by atoms with Crippen molar-refractivity contribution in [2.45, 2.75) is 42.2 Å². The Kier molecular flexibility index (Phi) is 4.96. The molecule has 1 aliphatic carbocycles. The molecular formula is C12H17BrN2O4S2. The Morgan fingerprint density at radius 3 is 2.24 bits per heavy atom. The van der Waals surface area contributed by atoms with Crippen molar-refractivity contribution in [3.8, 4) is 0 Å². The number of rotatable bonds is 4. The van der Waals surface area contributed by atoms with Crippen molar-refractivity contribution in [3.05, 3.63) is 22.7 Å². The van der Waals surface area contributed by atoms with Crippen molar-refractivity contribution in [3.63, 3.8) is 0 Å². The van der Waals surface area contributed by atoms with Crippen LogP contribution >= 0.6 is 15.9 Å². The van der Waals surface area contributed by atoms with E-state index in [9.17, 15) is 16.8 Å². The largest absolute Gasteiger partial charge is 0.283 e. The molecule has 9 heteroatoms. The summed E-state index contributed by atoms with van der Waals surface area (Å²) in [6, 6.07) is 4.07. The molecule has 0 amide bonds. The third-order valence-electron chi connectivity index (χ3n) is 3.49. The van der Waals surface area contributed by atoms with Gasteiger partial charge in [-0.15, -0.1) is 0 Å². The van der Waals surface area contributed by atoms with Gasteiger partial charge in [-0.2, -0.15) is 0 Å². The molecule has 1 fully saturated rings. The summed E-state index contributed by atoms with van der Waals surface area (Å²) in [5.74, 6) is 0. The fourth-order valence-corrected chi connectivity index (χ4v) is 5.64. The van der Waals surface area contributed by atoms with E-state index in [4.69, 9.17) is 5.14 Å². The maximum absolute atomic E-state index is 12.3. The fourth-order valence-electron chi connectivity index (χ4n) is 2.42. The molecule has 1 aliphatic rings. The molecule has 0 bridgehead atoms. The SMILES string of the molecule is NS(=O)(=O)c1ccc(NS(=O)(=O)C2CCCCC2)cc1Br. The predicted octanol–water partition coefficient (Wildman–Crippen LogP) is 2.17. The van der Waals surface area contributed by atoms with Crippen molar-refractivity contribution < 1.29 is 16.8 Å². The van der Waals surface area contributed by atoms with E-state index in [1.54, 1.807) is 0 Å². The quantitative estimate of drug-likeness (QED) is 0.812. The minimum Gasteiger partial charge on any atom is -0.283 e. The van der Waals surface area contributed by atoms with E-state index in [1.165, 1.54) is 18.2 Å². The molecule has 0 aliphatic heterocycles. The third kappa shape index (κ3) is 4.18. The lowest BCUT2D eigenvalue weighted by molar-refractivity contribution is 0.486. The molecule has 0 atom stereocenters. The molecule has 6 nitrogen and oxygen atoms in total. The van der Waals surface area contributed by atoms with Gasteiger partial charge < -0.3 is 0 Å².